The minimum Gasteiger partial charge on any atom is -0.389 e. The van der Waals surface area contributed by atoms with Crippen molar-refractivity contribution in [2.24, 2.45) is 0 Å². The highest BCUT2D eigenvalue weighted by Gasteiger charge is 2.05. The van der Waals surface area contributed by atoms with Crippen LogP contribution < -0.4 is 5.32 Å². The second-order valence-electron chi connectivity index (χ2n) is 3.09. The third kappa shape index (κ3) is 3.97. The molecule has 2 N–H and O–H groups in total. The van der Waals surface area contributed by atoms with E-state index in [0.29, 0.717) is 16.3 Å². The molecule has 0 spiro atoms. The van der Waals surface area contributed by atoms with Gasteiger partial charge in [-0.25, -0.2) is 8.42 Å². The fraction of sp³-hybridized carbons (Fsp3) is 0.333. The summed E-state index contributed by atoms with van der Waals surface area (Å²) in [4.78, 5) is 0. The molecule has 0 heterocycles. The van der Waals surface area contributed by atoms with E-state index in [-0.39, 0.29) is 6.73 Å². The summed E-state index contributed by atoms with van der Waals surface area (Å²) in [6.45, 7) is 1.43. The van der Waals surface area contributed by atoms with E-state index in [1.807, 2.05) is 0 Å². The van der Waals surface area contributed by atoms with Gasteiger partial charge in [-0.3, -0.25) is 4.18 Å². The molecule has 0 aliphatic carbocycles. The Kier molecular flexibility index (Phi) is 5.01. The Balaban J connectivity index is 2.74. The molecule has 5 nitrogen and oxygen atoms in total. The maximum absolute atomic E-state index is 10.2. The average Bonchev–Trinajstić information content (AvgIpc) is 2.20. The molecular weight excluding hydrogens is 254 g/mol. The van der Waals surface area contributed by atoms with E-state index >= 15 is 0 Å². The molecule has 1 atom stereocenters. The van der Waals surface area contributed by atoms with E-state index < -0.39 is 17.1 Å². The highest BCUT2D eigenvalue weighted by Crippen LogP contribution is 2.25. The molecule has 7 heteroatoms. The SMILES string of the molecule is C[C@@H](O)c1ccc(Cl)c(NCO[SH](=O)=O)c1. The van der Waals surface area contributed by atoms with Gasteiger partial charge in [-0.1, -0.05) is 17.7 Å². The van der Waals surface area contributed by atoms with Crippen molar-refractivity contribution in [3.05, 3.63) is 28.8 Å². The molecule has 0 aromatic heterocycles. The molecule has 0 aliphatic rings. The summed E-state index contributed by atoms with van der Waals surface area (Å²) >= 11 is 5.87. The first-order chi connectivity index (χ1) is 7.50. The van der Waals surface area contributed by atoms with Gasteiger partial charge < -0.3 is 10.4 Å². The number of halogens is 1. The zero-order chi connectivity index (χ0) is 12.1. The van der Waals surface area contributed by atoms with Crippen LogP contribution in [0.4, 0.5) is 5.69 Å². The molecule has 90 valence electrons. The molecule has 16 heavy (non-hydrogen) atoms. The van der Waals surface area contributed by atoms with E-state index in [1.54, 1.807) is 25.1 Å². The lowest BCUT2D eigenvalue weighted by molar-refractivity contribution is 0.199. The van der Waals surface area contributed by atoms with Crippen LogP contribution in [0.1, 0.15) is 18.6 Å². The fourth-order valence-electron chi connectivity index (χ4n) is 1.10. The lowest BCUT2D eigenvalue weighted by Crippen LogP contribution is -2.06. The van der Waals surface area contributed by atoms with E-state index in [0.717, 1.165) is 0 Å². The number of thiol groups is 1. The minimum atomic E-state index is -2.88. The van der Waals surface area contributed by atoms with Crippen molar-refractivity contribution in [1.29, 1.82) is 0 Å². The largest absolute Gasteiger partial charge is 0.389 e. The monoisotopic (exact) mass is 265 g/mol. The molecule has 0 unspecified atom stereocenters. The van der Waals surface area contributed by atoms with Crippen LogP contribution in [0, 0.1) is 0 Å². The standard InChI is InChI=1S/C9H12ClNO4S/c1-6(12)7-2-3-8(10)9(4-7)11-5-15-16(13)14/h2-4,6,11-12,16H,5H2,1H3/t6-/m1/s1. The second-order valence-corrected chi connectivity index (χ2v) is 4.20. The van der Waals surface area contributed by atoms with Crippen molar-refractivity contribution in [2.45, 2.75) is 13.0 Å². The maximum atomic E-state index is 10.2. The lowest BCUT2D eigenvalue weighted by atomic mass is 10.1. The first kappa shape index (κ1) is 13.2. The van der Waals surface area contributed by atoms with Crippen molar-refractivity contribution in [3.63, 3.8) is 0 Å². The number of hydrogen-bond donors (Lipinski definition) is 3. The van der Waals surface area contributed by atoms with Gasteiger partial charge in [-0.15, -0.1) is 0 Å². The summed E-state index contributed by atoms with van der Waals surface area (Å²) in [7, 11) is -2.88. The van der Waals surface area contributed by atoms with Crippen LogP contribution in [0.3, 0.4) is 0 Å². The van der Waals surface area contributed by atoms with Gasteiger partial charge in [0, 0.05) is 0 Å². The van der Waals surface area contributed by atoms with Crippen molar-refractivity contribution >= 4 is 28.3 Å². The van der Waals surface area contributed by atoms with Crippen molar-refractivity contribution in [3.8, 4) is 0 Å². The average molecular weight is 266 g/mol. The molecule has 0 saturated heterocycles. The number of nitrogens with one attached hydrogen (secondary N) is 1. The second kappa shape index (κ2) is 6.05. The van der Waals surface area contributed by atoms with Crippen LogP contribution in [0.5, 0.6) is 0 Å². The van der Waals surface area contributed by atoms with Crippen molar-refractivity contribution < 1.29 is 17.7 Å². The Bertz CT molecular complexity index is 426. The summed E-state index contributed by atoms with van der Waals surface area (Å²) in [6.07, 6.45) is -0.616. The highest BCUT2D eigenvalue weighted by molar-refractivity contribution is 7.67. The fourth-order valence-corrected chi connectivity index (χ4v) is 1.46. The van der Waals surface area contributed by atoms with Gasteiger partial charge in [0.15, 0.2) is 0 Å². The van der Waals surface area contributed by atoms with E-state index in [4.69, 9.17) is 11.6 Å². The number of benzene rings is 1. The van der Waals surface area contributed by atoms with E-state index in [1.165, 1.54) is 0 Å². The number of rotatable bonds is 5. The number of aliphatic hydroxyl groups is 1. The van der Waals surface area contributed by atoms with Crippen LogP contribution in [0.25, 0.3) is 0 Å². The third-order valence-electron chi connectivity index (χ3n) is 1.91. The molecule has 0 amide bonds. The van der Waals surface area contributed by atoms with Crippen LogP contribution in [-0.2, 0) is 15.2 Å². The third-order valence-corrected chi connectivity index (χ3v) is 2.57. The predicted molar refractivity (Wildman–Crippen MR) is 62.0 cm³/mol. The number of aliphatic hydroxyl groups excluding tert-OH is 1. The quantitative estimate of drug-likeness (QED) is 0.553. The summed E-state index contributed by atoms with van der Waals surface area (Å²) in [5.41, 5.74) is 1.19. The smallest absolute Gasteiger partial charge is 0.258 e. The molecule has 0 bridgehead atoms. The molecule has 1 aromatic carbocycles. The van der Waals surface area contributed by atoms with E-state index in [2.05, 4.69) is 9.50 Å². The molecule has 0 aliphatic heterocycles. The summed E-state index contributed by atoms with van der Waals surface area (Å²) in [6, 6.07) is 4.94. The zero-order valence-corrected chi connectivity index (χ0v) is 10.2. The summed E-state index contributed by atoms with van der Waals surface area (Å²) in [5, 5.41) is 12.5. The Morgan fingerprint density at radius 2 is 2.25 bits per heavy atom. The molecule has 1 rings (SSSR count). The Morgan fingerprint density at radius 1 is 1.56 bits per heavy atom. The lowest BCUT2D eigenvalue weighted by Gasteiger charge is -2.10. The van der Waals surface area contributed by atoms with Crippen LogP contribution in [-0.4, -0.2) is 20.3 Å². The summed E-state index contributed by atoms with van der Waals surface area (Å²) < 4.78 is 24.6. The first-order valence-corrected chi connectivity index (χ1v) is 5.96. The zero-order valence-electron chi connectivity index (χ0n) is 8.51. The Morgan fingerprint density at radius 3 is 2.81 bits per heavy atom. The van der Waals surface area contributed by atoms with Crippen LogP contribution >= 0.6 is 11.6 Å². The highest BCUT2D eigenvalue weighted by atomic mass is 35.5. The molecule has 0 radical (unpaired) electrons. The van der Waals surface area contributed by atoms with Crippen LogP contribution in [0.15, 0.2) is 18.2 Å². The topological polar surface area (TPSA) is 75.6 Å². The van der Waals surface area contributed by atoms with Crippen molar-refractivity contribution in [1.82, 2.24) is 0 Å². The maximum Gasteiger partial charge on any atom is 0.258 e. The Hall–Kier alpha value is -0.820. The first-order valence-electron chi connectivity index (χ1n) is 4.49. The van der Waals surface area contributed by atoms with Gasteiger partial charge in [-0.2, -0.15) is 0 Å². The number of hydrogen-bond acceptors (Lipinski definition) is 5. The molecule has 0 fully saturated rings. The van der Waals surface area contributed by atoms with Gasteiger partial charge in [0.05, 0.1) is 16.8 Å². The van der Waals surface area contributed by atoms with Gasteiger partial charge >= 0.3 is 0 Å². The van der Waals surface area contributed by atoms with Gasteiger partial charge in [-0.05, 0) is 24.6 Å². The van der Waals surface area contributed by atoms with E-state index in [9.17, 15) is 13.5 Å². The predicted octanol–water partition coefficient (Wildman–Crippen LogP) is 1.31. The molecular formula is C9H12ClNO4S. The molecule has 0 saturated carbocycles. The van der Waals surface area contributed by atoms with Gasteiger partial charge in [0.25, 0.3) is 11.0 Å². The summed E-state index contributed by atoms with van der Waals surface area (Å²) in [5.74, 6) is 0. The normalized spacial score (nSPS) is 12.8. The van der Waals surface area contributed by atoms with Gasteiger partial charge in [0.1, 0.15) is 6.73 Å². The van der Waals surface area contributed by atoms with Gasteiger partial charge in [0.2, 0.25) is 0 Å². The van der Waals surface area contributed by atoms with Crippen LogP contribution in [0.2, 0.25) is 5.02 Å². The minimum absolute atomic E-state index is 0.193. The molecule has 1 aromatic rings. The van der Waals surface area contributed by atoms with Crippen molar-refractivity contribution in [2.75, 3.05) is 12.0 Å². The number of anilines is 1. The Labute approximate surface area is 100 Å².